The van der Waals surface area contributed by atoms with E-state index in [0.29, 0.717) is 6.42 Å². The Kier molecular flexibility index (Phi) is 5.42. The van der Waals surface area contributed by atoms with Crippen molar-refractivity contribution < 1.29 is 4.79 Å². The summed E-state index contributed by atoms with van der Waals surface area (Å²) in [6, 6.07) is 19.6. The Morgan fingerprint density at radius 2 is 1.57 bits per heavy atom. The van der Waals surface area contributed by atoms with Crippen molar-refractivity contribution in [2.75, 3.05) is 5.75 Å². The molecule has 0 bridgehead atoms. The van der Waals surface area contributed by atoms with Crippen molar-refractivity contribution in [3.8, 4) is 0 Å². The van der Waals surface area contributed by atoms with Crippen LogP contribution in [0.1, 0.15) is 17.5 Å². The number of carbonyl (C=O) groups is 1. The zero-order valence-corrected chi connectivity index (χ0v) is 12.7. The highest BCUT2D eigenvalue weighted by Gasteiger charge is 2.33. The molecule has 21 heavy (non-hydrogen) atoms. The third kappa shape index (κ3) is 4.09. The van der Waals surface area contributed by atoms with Crippen LogP contribution < -0.4 is 11.5 Å². The Balaban J connectivity index is 1.94. The van der Waals surface area contributed by atoms with Gasteiger partial charge in [-0.2, -0.15) is 11.8 Å². The first-order valence-corrected chi connectivity index (χ1v) is 8.04. The molecule has 0 fully saturated rings. The second-order valence-corrected chi connectivity index (χ2v) is 6.09. The number of hydrogen-bond donors (Lipinski definition) is 2. The van der Waals surface area contributed by atoms with E-state index in [1.54, 1.807) is 11.8 Å². The third-order valence-corrected chi connectivity index (χ3v) is 4.51. The number of hydrogen-bond acceptors (Lipinski definition) is 3. The molecule has 4 N–H and O–H groups in total. The van der Waals surface area contributed by atoms with Crippen LogP contribution in [0.25, 0.3) is 0 Å². The highest BCUT2D eigenvalue weighted by molar-refractivity contribution is 7.98. The number of benzene rings is 2. The predicted octanol–water partition coefficient (Wildman–Crippen LogP) is 2.65. The van der Waals surface area contributed by atoms with Crippen LogP contribution in [0.5, 0.6) is 0 Å². The Bertz CT molecular complexity index is 574. The summed E-state index contributed by atoms with van der Waals surface area (Å²) in [5.74, 6) is 1.21. The highest BCUT2D eigenvalue weighted by Crippen LogP contribution is 2.25. The zero-order chi connectivity index (χ0) is 15.1. The maximum atomic E-state index is 11.8. The number of amides is 1. The molecule has 1 atom stereocenters. The fraction of sp³-hybridized carbons (Fsp3) is 0.235. The fourth-order valence-electron chi connectivity index (χ4n) is 2.14. The van der Waals surface area contributed by atoms with Gasteiger partial charge >= 0.3 is 0 Å². The lowest BCUT2D eigenvalue weighted by molar-refractivity contribution is -0.123. The minimum Gasteiger partial charge on any atom is -0.368 e. The van der Waals surface area contributed by atoms with Crippen molar-refractivity contribution in [1.29, 1.82) is 0 Å². The van der Waals surface area contributed by atoms with Gasteiger partial charge in [-0.1, -0.05) is 60.7 Å². The van der Waals surface area contributed by atoms with Crippen molar-refractivity contribution in [3.63, 3.8) is 0 Å². The number of rotatable bonds is 7. The predicted molar refractivity (Wildman–Crippen MR) is 88.7 cm³/mol. The van der Waals surface area contributed by atoms with Gasteiger partial charge in [0.1, 0.15) is 5.54 Å². The van der Waals surface area contributed by atoms with Gasteiger partial charge in [0.25, 0.3) is 0 Å². The SMILES string of the molecule is NC(=O)C(N)(CCSCc1ccccc1)c1ccccc1. The number of thioether (sulfide) groups is 1. The number of nitrogens with two attached hydrogens (primary N) is 2. The van der Waals surface area contributed by atoms with Crippen LogP contribution in [-0.2, 0) is 16.1 Å². The molecule has 0 aliphatic heterocycles. The molecule has 0 aliphatic carbocycles. The second kappa shape index (κ2) is 7.29. The monoisotopic (exact) mass is 300 g/mol. The van der Waals surface area contributed by atoms with Crippen molar-refractivity contribution in [2.24, 2.45) is 11.5 Å². The van der Waals surface area contributed by atoms with Crippen LogP contribution in [0.15, 0.2) is 60.7 Å². The Labute approximate surface area is 129 Å². The molecule has 0 radical (unpaired) electrons. The van der Waals surface area contributed by atoms with Gasteiger partial charge in [-0.3, -0.25) is 4.79 Å². The Morgan fingerprint density at radius 1 is 1.00 bits per heavy atom. The maximum absolute atomic E-state index is 11.8. The number of carbonyl (C=O) groups excluding carboxylic acids is 1. The standard InChI is InChI=1S/C17H20N2OS/c18-16(20)17(19,15-9-5-2-6-10-15)11-12-21-13-14-7-3-1-4-8-14/h1-10H,11-13,19H2,(H2,18,20). The average Bonchev–Trinajstić information content (AvgIpc) is 2.53. The van der Waals surface area contributed by atoms with Gasteiger partial charge in [-0.05, 0) is 23.3 Å². The van der Waals surface area contributed by atoms with Gasteiger partial charge in [0, 0.05) is 5.75 Å². The van der Waals surface area contributed by atoms with E-state index in [1.807, 2.05) is 48.5 Å². The van der Waals surface area contributed by atoms with E-state index in [1.165, 1.54) is 5.56 Å². The highest BCUT2D eigenvalue weighted by atomic mass is 32.2. The molecule has 4 heteroatoms. The molecule has 0 aliphatic rings. The lowest BCUT2D eigenvalue weighted by atomic mass is 9.88. The molecular weight excluding hydrogens is 280 g/mol. The van der Waals surface area contributed by atoms with Gasteiger partial charge < -0.3 is 11.5 Å². The topological polar surface area (TPSA) is 69.1 Å². The smallest absolute Gasteiger partial charge is 0.242 e. The quantitative estimate of drug-likeness (QED) is 0.772. The first-order chi connectivity index (χ1) is 10.1. The normalized spacial score (nSPS) is 13.6. The molecule has 110 valence electrons. The van der Waals surface area contributed by atoms with Gasteiger partial charge in [0.05, 0.1) is 0 Å². The van der Waals surface area contributed by atoms with E-state index in [2.05, 4.69) is 12.1 Å². The maximum Gasteiger partial charge on any atom is 0.242 e. The molecule has 2 aromatic carbocycles. The lowest BCUT2D eigenvalue weighted by Crippen LogP contribution is -2.49. The van der Waals surface area contributed by atoms with Crippen molar-refractivity contribution in [1.82, 2.24) is 0 Å². The van der Waals surface area contributed by atoms with Crippen LogP contribution in [0.3, 0.4) is 0 Å². The van der Waals surface area contributed by atoms with E-state index >= 15 is 0 Å². The van der Waals surface area contributed by atoms with E-state index in [4.69, 9.17) is 11.5 Å². The van der Waals surface area contributed by atoms with Crippen molar-refractivity contribution in [3.05, 3.63) is 71.8 Å². The molecule has 0 saturated carbocycles. The average molecular weight is 300 g/mol. The summed E-state index contributed by atoms with van der Waals surface area (Å²) in [4.78, 5) is 11.8. The molecule has 3 nitrogen and oxygen atoms in total. The first-order valence-electron chi connectivity index (χ1n) is 6.89. The molecule has 2 aromatic rings. The Morgan fingerprint density at radius 3 is 2.14 bits per heavy atom. The fourth-order valence-corrected chi connectivity index (χ4v) is 3.18. The molecule has 0 spiro atoms. The first kappa shape index (κ1) is 15.6. The summed E-state index contributed by atoms with van der Waals surface area (Å²) in [7, 11) is 0. The minimum atomic E-state index is -1.09. The van der Waals surface area contributed by atoms with Crippen molar-refractivity contribution >= 4 is 17.7 Å². The zero-order valence-electron chi connectivity index (χ0n) is 11.9. The van der Waals surface area contributed by atoms with Gasteiger partial charge in [-0.25, -0.2) is 0 Å². The second-order valence-electron chi connectivity index (χ2n) is 4.99. The van der Waals surface area contributed by atoms with E-state index in [-0.39, 0.29) is 0 Å². The van der Waals surface area contributed by atoms with Crippen LogP contribution in [-0.4, -0.2) is 11.7 Å². The summed E-state index contributed by atoms with van der Waals surface area (Å²) in [6.07, 6.45) is 0.532. The van der Waals surface area contributed by atoms with E-state index < -0.39 is 11.4 Å². The summed E-state index contributed by atoms with van der Waals surface area (Å²) >= 11 is 1.76. The summed E-state index contributed by atoms with van der Waals surface area (Å²) < 4.78 is 0. The third-order valence-electron chi connectivity index (χ3n) is 3.48. The van der Waals surface area contributed by atoms with E-state index in [9.17, 15) is 4.79 Å². The minimum absolute atomic E-state index is 0.478. The van der Waals surface area contributed by atoms with Crippen LogP contribution in [0.4, 0.5) is 0 Å². The molecule has 1 amide bonds. The van der Waals surface area contributed by atoms with Gasteiger partial charge in [0.2, 0.25) is 5.91 Å². The molecule has 1 unspecified atom stereocenters. The number of primary amides is 1. The molecular formula is C17H20N2OS. The molecule has 0 aromatic heterocycles. The van der Waals surface area contributed by atoms with Gasteiger partial charge in [-0.15, -0.1) is 0 Å². The molecule has 2 rings (SSSR count). The molecule has 0 heterocycles. The van der Waals surface area contributed by atoms with Gasteiger partial charge in [0.15, 0.2) is 0 Å². The largest absolute Gasteiger partial charge is 0.368 e. The summed E-state index contributed by atoms with van der Waals surface area (Å²) in [6.45, 7) is 0. The lowest BCUT2D eigenvalue weighted by Gasteiger charge is -2.26. The Hall–Kier alpha value is -1.78. The van der Waals surface area contributed by atoms with Crippen LogP contribution >= 0.6 is 11.8 Å². The molecule has 0 saturated heterocycles. The van der Waals surface area contributed by atoms with Crippen LogP contribution in [0.2, 0.25) is 0 Å². The summed E-state index contributed by atoms with van der Waals surface area (Å²) in [5.41, 5.74) is 12.7. The summed E-state index contributed by atoms with van der Waals surface area (Å²) in [5, 5.41) is 0. The van der Waals surface area contributed by atoms with E-state index in [0.717, 1.165) is 17.1 Å². The van der Waals surface area contributed by atoms with Crippen molar-refractivity contribution in [2.45, 2.75) is 17.7 Å². The van der Waals surface area contributed by atoms with Crippen LogP contribution in [0, 0.1) is 0 Å².